The molecule has 0 saturated heterocycles. The molecule has 0 aliphatic carbocycles. The van der Waals surface area contributed by atoms with Gasteiger partial charge in [0.05, 0.1) is 13.0 Å². The first-order valence-corrected chi connectivity index (χ1v) is 5.36. The van der Waals surface area contributed by atoms with E-state index in [0.717, 1.165) is 15.8 Å². The Balaban J connectivity index is 3.25. The topological polar surface area (TPSA) is 26.3 Å². The van der Waals surface area contributed by atoms with Gasteiger partial charge in [-0.15, -0.1) is 11.6 Å². The van der Waals surface area contributed by atoms with Gasteiger partial charge in [-0.25, -0.2) is 0 Å². The predicted octanol–water partition coefficient (Wildman–Crippen LogP) is 3.19. The Kier molecular flexibility index (Phi) is 3.96. The van der Waals surface area contributed by atoms with Crippen molar-refractivity contribution in [2.24, 2.45) is 0 Å². The lowest BCUT2D eigenvalue weighted by molar-refractivity contribution is 0.101. The molecule has 1 aromatic rings. The molecule has 0 aromatic heterocycles. The van der Waals surface area contributed by atoms with Crippen molar-refractivity contribution in [3.05, 3.63) is 27.7 Å². The minimum atomic E-state index is -0.0845. The number of ketones is 1. The third kappa shape index (κ3) is 2.28. The summed E-state index contributed by atoms with van der Waals surface area (Å²) in [5.41, 5.74) is 1.49. The molecule has 0 N–H and O–H groups in total. The van der Waals surface area contributed by atoms with Gasteiger partial charge in [0.2, 0.25) is 0 Å². The molecular weight excluding hydrogens is 267 g/mol. The van der Waals surface area contributed by atoms with Gasteiger partial charge in [0, 0.05) is 10.0 Å². The molecule has 76 valence electrons. The summed E-state index contributed by atoms with van der Waals surface area (Å²) in [4.78, 5) is 11.5. The number of hydrogen-bond donors (Lipinski definition) is 0. The van der Waals surface area contributed by atoms with Crippen molar-refractivity contribution >= 4 is 33.3 Å². The van der Waals surface area contributed by atoms with Crippen LogP contribution < -0.4 is 4.74 Å². The fraction of sp³-hybridized carbons (Fsp3) is 0.300. The first kappa shape index (κ1) is 11.5. The number of Topliss-reactive ketones (excluding diaryl/α,β-unsaturated/α-hetero) is 1. The van der Waals surface area contributed by atoms with Crippen molar-refractivity contribution in [1.82, 2.24) is 0 Å². The van der Waals surface area contributed by atoms with Gasteiger partial charge in [0.25, 0.3) is 0 Å². The summed E-state index contributed by atoms with van der Waals surface area (Å²) < 4.78 is 5.79. The molecule has 0 amide bonds. The van der Waals surface area contributed by atoms with Crippen molar-refractivity contribution in [3.63, 3.8) is 0 Å². The maximum Gasteiger partial charge on any atom is 0.178 e. The molecule has 0 aliphatic heterocycles. The highest BCUT2D eigenvalue weighted by Crippen LogP contribution is 2.27. The minimum absolute atomic E-state index is 0.00817. The van der Waals surface area contributed by atoms with Crippen LogP contribution in [0.15, 0.2) is 16.6 Å². The Labute approximate surface area is 96.3 Å². The van der Waals surface area contributed by atoms with E-state index in [1.807, 2.05) is 13.0 Å². The lowest BCUT2D eigenvalue weighted by Crippen LogP contribution is -2.04. The molecule has 1 rings (SSSR count). The smallest absolute Gasteiger partial charge is 0.178 e. The summed E-state index contributed by atoms with van der Waals surface area (Å²) >= 11 is 8.82. The summed E-state index contributed by atoms with van der Waals surface area (Å²) in [5, 5.41) is 0. The zero-order valence-corrected chi connectivity index (χ0v) is 10.3. The third-order valence-corrected chi connectivity index (χ3v) is 2.76. The van der Waals surface area contributed by atoms with E-state index >= 15 is 0 Å². The van der Waals surface area contributed by atoms with E-state index in [9.17, 15) is 4.79 Å². The van der Waals surface area contributed by atoms with Crippen LogP contribution >= 0.6 is 27.5 Å². The molecule has 0 radical (unpaired) electrons. The van der Waals surface area contributed by atoms with Crippen molar-refractivity contribution in [1.29, 1.82) is 0 Å². The quantitative estimate of drug-likeness (QED) is 0.626. The normalized spacial score (nSPS) is 10.0. The molecule has 14 heavy (non-hydrogen) atoms. The van der Waals surface area contributed by atoms with Crippen LogP contribution in [0.4, 0.5) is 0 Å². The number of aryl methyl sites for hydroxylation is 1. The average molecular weight is 278 g/mol. The zero-order chi connectivity index (χ0) is 10.7. The summed E-state index contributed by atoms with van der Waals surface area (Å²) in [5.74, 6) is 0.630. The van der Waals surface area contributed by atoms with Gasteiger partial charge >= 0.3 is 0 Å². The first-order chi connectivity index (χ1) is 6.60. The second-order valence-corrected chi connectivity index (χ2v) is 3.98. The van der Waals surface area contributed by atoms with E-state index < -0.39 is 0 Å². The highest BCUT2D eigenvalue weighted by atomic mass is 79.9. The largest absolute Gasteiger partial charge is 0.497 e. The summed E-state index contributed by atoms with van der Waals surface area (Å²) in [6, 6.07) is 3.57. The Morgan fingerprint density at radius 2 is 2.21 bits per heavy atom. The Hall–Kier alpha value is -0.540. The number of alkyl halides is 1. The van der Waals surface area contributed by atoms with Gasteiger partial charge in [-0.2, -0.15) is 0 Å². The van der Waals surface area contributed by atoms with E-state index in [1.54, 1.807) is 13.2 Å². The van der Waals surface area contributed by atoms with Crippen LogP contribution in [0.3, 0.4) is 0 Å². The number of rotatable bonds is 3. The molecule has 0 atom stereocenters. The number of methoxy groups -OCH3 is 1. The van der Waals surface area contributed by atoms with Crippen molar-refractivity contribution in [2.45, 2.75) is 6.92 Å². The third-order valence-electron chi connectivity index (χ3n) is 1.90. The maximum absolute atomic E-state index is 11.5. The van der Waals surface area contributed by atoms with E-state index in [-0.39, 0.29) is 11.7 Å². The summed E-state index contributed by atoms with van der Waals surface area (Å²) in [6.45, 7) is 1.85. The lowest BCUT2D eigenvalue weighted by Gasteiger charge is -2.08. The molecule has 0 bridgehead atoms. The molecule has 4 heteroatoms. The van der Waals surface area contributed by atoms with Crippen molar-refractivity contribution in [2.75, 3.05) is 13.0 Å². The molecule has 0 fully saturated rings. The number of ether oxygens (including phenoxy) is 1. The zero-order valence-electron chi connectivity index (χ0n) is 7.93. The number of benzene rings is 1. The number of carbonyl (C=O) groups is 1. The molecule has 0 unspecified atom stereocenters. The second kappa shape index (κ2) is 4.80. The first-order valence-electron chi connectivity index (χ1n) is 4.03. The number of halogens is 2. The second-order valence-electron chi connectivity index (χ2n) is 2.86. The monoisotopic (exact) mass is 276 g/mol. The van der Waals surface area contributed by atoms with E-state index in [1.165, 1.54) is 0 Å². The lowest BCUT2D eigenvalue weighted by atomic mass is 10.1. The maximum atomic E-state index is 11.5. The average Bonchev–Trinajstić information content (AvgIpc) is 2.16. The Bertz CT molecular complexity index is 340. The van der Waals surface area contributed by atoms with Crippen molar-refractivity contribution < 1.29 is 9.53 Å². The van der Waals surface area contributed by atoms with Crippen LogP contribution in [0.2, 0.25) is 0 Å². The van der Waals surface area contributed by atoms with E-state index in [4.69, 9.17) is 16.3 Å². The molecule has 0 aliphatic rings. The summed E-state index contributed by atoms with van der Waals surface area (Å²) in [7, 11) is 1.59. The summed E-state index contributed by atoms with van der Waals surface area (Å²) in [6.07, 6.45) is 0. The van der Waals surface area contributed by atoms with Gasteiger partial charge in [-0.3, -0.25) is 4.79 Å². The molecule has 0 spiro atoms. The SMILES string of the molecule is COc1cc(C)c(C(=O)CCl)c(Br)c1. The van der Waals surface area contributed by atoms with Crippen molar-refractivity contribution in [3.8, 4) is 5.75 Å². The fourth-order valence-electron chi connectivity index (χ4n) is 1.25. The number of hydrogen-bond acceptors (Lipinski definition) is 2. The molecule has 1 aromatic carbocycles. The van der Waals surface area contributed by atoms with Crippen LogP contribution in [-0.2, 0) is 0 Å². The predicted molar refractivity (Wildman–Crippen MR) is 60.5 cm³/mol. The molecular formula is C10H10BrClO2. The Morgan fingerprint density at radius 1 is 1.57 bits per heavy atom. The number of carbonyl (C=O) groups excluding carboxylic acids is 1. The van der Waals surface area contributed by atoms with Gasteiger partial charge in [0.15, 0.2) is 5.78 Å². The van der Waals surface area contributed by atoms with E-state index in [0.29, 0.717) is 5.56 Å². The van der Waals surface area contributed by atoms with Crippen LogP contribution in [0, 0.1) is 6.92 Å². The molecule has 0 saturated carbocycles. The van der Waals surface area contributed by atoms with Crippen LogP contribution in [0.1, 0.15) is 15.9 Å². The van der Waals surface area contributed by atoms with Gasteiger partial charge in [0.1, 0.15) is 5.75 Å². The minimum Gasteiger partial charge on any atom is -0.497 e. The van der Waals surface area contributed by atoms with Crippen LogP contribution in [0.5, 0.6) is 5.75 Å². The highest BCUT2D eigenvalue weighted by molar-refractivity contribution is 9.10. The standard InChI is InChI=1S/C10H10BrClO2/c1-6-3-7(14-2)4-8(11)10(6)9(13)5-12/h3-4H,5H2,1-2H3. The van der Waals surface area contributed by atoms with Crippen LogP contribution in [0.25, 0.3) is 0 Å². The van der Waals surface area contributed by atoms with Gasteiger partial charge in [-0.1, -0.05) is 0 Å². The molecule has 2 nitrogen and oxygen atoms in total. The highest BCUT2D eigenvalue weighted by Gasteiger charge is 2.13. The fourth-order valence-corrected chi connectivity index (χ4v) is 2.14. The van der Waals surface area contributed by atoms with Gasteiger partial charge in [-0.05, 0) is 40.5 Å². The van der Waals surface area contributed by atoms with Gasteiger partial charge < -0.3 is 4.74 Å². The Morgan fingerprint density at radius 3 is 2.64 bits per heavy atom. The molecule has 0 heterocycles. The van der Waals surface area contributed by atoms with E-state index in [2.05, 4.69) is 15.9 Å². The van der Waals surface area contributed by atoms with Crippen LogP contribution in [-0.4, -0.2) is 18.8 Å².